The number of carbonyl (C=O) groups is 2. The van der Waals surface area contributed by atoms with E-state index in [1.54, 1.807) is 18.2 Å². The first-order valence-electron chi connectivity index (χ1n) is 10.9. The first-order chi connectivity index (χ1) is 14.6. The van der Waals surface area contributed by atoms with E-state index in [4.69, 9.17) is 14.2 Å². The van der Waals surface area contributed by atoms with Crippen molar-refractivity contribution in [3.8, 4) is 11.5 Å². The number of ether oxygens (including phenoxy) is 3. The third kappa shape index (κ3) is 5.65. The molecule has 7 heteroatoms. The Hall–Kier alpha value is -1.94. The second kappa shape index (κ2) is 10.6. The summed E-state index contributed by atoms with van der Waals surface area (Å²) in [6.07, 6.45) is 3.91. The zero-order valence-corrected chi connectivity index (χ0v) is 20.4. The Morgan fingerprint density at radius 3 is 2.10 bits per heavy atom. The van der Waals surface area contributed by atoms with Crippen molar-refractivity contribution in [1.29, 1.82) is 0 Å². The lowest BCUT2D eigenvalue weighted by molar-refractivity contribution is -0.148. The van der Waals surface area contributed by atoms with Crippen molar-refractivity contribution in [3.63, 3.8) is 0 Å². The van der Waals surface area contributed by atoms with Crippen LogP contribution >= 0.6 is 8.46 Å². The molecule has 0 radical (unpaired) electrons. The maximum Gasteiger partial charge on any atom is 0.332 e. The first-order valence-corrected chi connectivity index (χ1v) is 11.7. The normalized spacial score (nSPS) is 17.7. The molecule has 2 unspecified atom stereocenters. The van der Waals surface area contributed by atoms with Gasteiger partial charge in [0.2, 0.25) is 5.16 Å². The number of esters is 1. The van der Waals surface area contributed by atoms with Crippen LogP contribution in [0, 0.1) is 17.3 Å². The third-order valence-corrected chi connectivity index (χ3v) is 6.90. The summed E-state index contributed by atoms with van der Waals surface area (Å²) in [6, 6.07) is 4.97. The van der Waals surface area contributed by atoms with E-state index in [0.29, 0.717) is 12.8 Å². The van der Waals surface area contributed by atoms with Crippen molar-refractivity contribution in [2.75, 3.05) is 20.8 Å². The molecule has 2 atom stereocenters. The highest BCUT2D eigenvalue weighted by Gasteiger charge is 2.57. The Labute approximate surface area is 187 Å². The van der Waals surface area contributed by atoms with Gasteiger partial charge in [-0.25, -0.2) is 0 Å². The number of ketones is 1. The fourth-order valence-electron chi connectivity index (χ4n) is 4.64. The minimum Gasteiger partial charge on any atom is -0.496 e. The quantitative estimate of drug-likeness (QED) is 0.196. The van der Waals surface area contributed by atoms with Crippen LogP contribution in [-0.4, -0.2) is 37.7 Å². The minimum absolute atomic E-state index is 0.0890. The van der Waals surface area contributed by atoms with E-state index < -0.39 is 25.4 Å². The van der Waals surface area contributed by atoms with Gasteiger partial charge in [0.25, 0.3) is 0 Å². The van der Waals surface area contributed by atoms with Crippen molar-refractivity contribution in [1.82, 2.24) is 0 Å². The molecule has 1 aromatic carbocycles. The van der Waals surface area contributed by atoms with Crippen LogP contribution in [0.4, 0.5) is 0 Å². The molecule has 0 spiro atoms. The molecule has 1 aromatic rings. The van der Waals surface area contributed by atoms with Crippen LogP contribution in [0.25, 0.3) is 0 Å². The van der Waals surface area contributed by atoms with Gasteiger partial charge in [0.05, 0.1) is 20.8 Å². The molecule has 6 nitrogen and oxygen atoms in total. The fourth-order valence-corrected chi connectivity index (χ4v) is 5.38. The molecule has 172 valence electrons. The predicted octanol–water partition coefficient (Wildman–Crippen LogP) is 5.72. The maximum absolute atomic E-state index is 13.9. The highest BCUT2D eigenvalue weighted by atomic mass is 31.1. The van der Waals surface area contributed by atoms with Gasteiger partial charge in [0.15, 0.2) is 14.2 Å². The highest BCUT2D eigenvalue weighted by molar-refractivity contribution is 7.30. The maximum atomic E-state index is 13.9. The molecule has 0 heterocycles. The summed E-state index contributed by atoms with van der Waals surface area (Å²) in [5.41, 5.74) is 0.216. The molecule has 0 N–H and O–H groups in total. The van der Waals surface area contributed by atoms with E-state index in [9.17, 15) is 14.2 Å². The van der Waals surface area contributed by atoms with Crippen LogP contribution in [0.15, 0.2) is 18.2 Å². The van der Waals surface area contributed by atoms with Crippen LogP contribution in [0.3, 0.4) is 0 Å². The molecule has 1 saturated carbocycles. The Balaban J connectivity index is 2.44. The highest BCUT2D eigenvalue weighted by Crippen LogP contribution is 2.47. The standard InChI is InChI=1S/C24H35O6P/c1-16(14-23(2,3)4)15-30-22(26)24(31-27,17-10-7-8-11-17)21(25)20-18(28-5)12-9-13-19(20)29-6/h9,12-13,16-17H,7-8,10-11,14-15H2,1-6H3. The van der Waals surface area contributed by atoms with Crippen LogP contribution in [0.1, 0.15) is 70.2 Å². The van der Waals surface area contributed by atoms with Crippen molar-refractivity contribution in [2.24, 2.45) is 17.3 Å². The SMILES string of the molecule is COc1cccc(OC)c1C(=O)C(P=O)(C(=O)OCC(C)CC(C)(C)C)C1CCCC1. The zero-order chi connectivity index (χ0) is 23.2. The number of benzene rings is 1. The average Bonchev–Trinajstić information content (AvgIpc) is 3.26. The number of hydrogen-bond acceptors (Lipinski definition) is 6. The lowest BCUT2D eigenvalue weighted by Gasteiger charge is -2.31. The molecular weight excluding hydrogens is 415 g/mol. The molecule has 0 amide bonds. The molecule has 1 aliphatic carbocycles. The second-order valence-electron chi connectivity index (χ2n) is 9.67. The Kier molecular flexibility index (Phi) is 8.65. The summed E-state index contributed by atoms with van der Waals surface area (Å²) in [6.45, 7) is 8.57. The molecule has 1 aliphatic rings. The minimum atomic E-state index is -1.81. The van der Waals surface area contributed by atoms with Crippen molar-refractivity contribution >= 4 is 20.2 Å². The second-order valence-corrected chi connectivity index (χ2v) is 10.6. The van der Waals surface area contributed by atoms with Crippen LogP contribution in [0.5, 0.6) is 11.5 Å². The van der Waals surface area contributed by atoms with Gasteiger partial charge in [-0.2, -0.15) is 0 Å². The summed E-state index contributed by atoms with van der Waals surface area (Å²) < 4.78 is 29.1. The van der Waals surface area contributed by atoms with Crippen LogP contribution in [-0.2, 0) is 14.1 Å². The van der Waals surface area contributed by atoms with Crippen LogP contribution < -0.4 is 9.47 Å². The van der Waals surface area contributed by atoms with Gasteiger partial charge in [-0.1, -0.05) is 46.6 Å². The molecule has 2 rings (SSSR count). The van der Waals surface area contributed by atoms with E-state index in [1.165, 1.54) is 14.2 Å². The number of rotatable bonds is 10. The molecule has 31 heavy (non-hydrogen) atoms. The molecular formula is C24H35O6P. The lowest BCUT2D eigenvalue weighted by atomic mass is 9.82. The van der Waals surface area contributed by atoms with Crippen molar-refractivity contribution in [2.45, 2.75) is 65.0 Å². The lowest BCUT2D eigenvalue weighted by Crippen LogP contribution is -2.49. The smallest absolute Gasteiger partial charge is 0.332 e. The zero-order valence-electron chi connectivity index (χ0n) is 19.5. The van der Waals surface area contributed by atoms with Gasteiger partial charge in [0.1, 0.15) is 17.1 Å². The average molecular weight is 451 g/mol. The molecule has 0 aliphatic heterocycles. The van der Waals surface area contributed by atoms with Gasteiger partial charge in [-0.15, -0.1) is 0 Å². The summed E-state index contributed by atoms with van der Waals surface area (Å²) in [7, 11) is 2.34. The predicted molar refractivity (Wildman–Crippen MR) is 120 cm³/mol. The largest absolute Gasteiger partial charge is 0.496 e. The van der Waals surface area contributed by atoms with Gasteiger partial charge < -0.3 is 14.2 Å². The van der Waals surface area contributed by atoms with E-state index in [-0.39, 0.29) is 40.9 Å². The Morgan fingerprint density at radius 1 is 1.10 bits per heavy atom. The van der Waals surface area contributed by atoms with E-state index in [2.05, 4.69) is 20.8 Å². The summed E-state index contributed by atoms with van der Waals surface area (Å²) >= 11 is 0. The van der Waals surface area contributed by atoms with E-state index in [1.807, 2.05) is 6.92 Å². The van der Waals surface area contributed by atoms with E-state index in [0.717, 1.165) is 19.3 Å². The molecule has 0 aromatic heterocycles. The van der Waals surface area contributed by atoms with Gasteiger partial charge >= 0.3 is 5.97 Å². The Morgan fingerprint density at radius 2 is 1.65 bits per heavy atom. The summed E-state index contributed by atoms with van der Waals surface area (Å²) in [4.78, 5) is 27.3. The number of carbonyl (C=O) groups excluding carboxylic acids is 2. The number of hydrogen-bond donors (Lipinski definition) is 0. The monoisotopic (exact) mass is 450 g/mol. The molecule has 0 bridgehead atoms. The van der Waals surface area contributed by atoms with Gasteiger partial charge in [-0.05, 0) is 48.6 Å². The first kappa shape index (κ1) is 25.3. The number of Topliss-reactive ketones (excluding diaryl/α,β-unsaturated/α-hetero) is 1. The Bertz CT molecular complexity index is 771. The van der Waals surface area contributed by atoms with Gasteiger partial charge in [0, 0.05) is 0 Å². The van der Waals surface area contributed by atoms with Crippen molar-refractivity contribution in [3.05, 3.63) is 23.8 Å². The fraction of sp³-hybridized carbons (Fsp3) is 0.667. The molecule has 1 fully saturated rings. The molecule has 0 saturated heterocycles. The topological polar surface area (TPSA) is 78.9 Å². The van der Waals surface area contributed by atoms with Crippen molar-refractivity contribution < 1.29 is 28.4 Å². The summed E-state index contributed by atoms with van der Waals surface area (Å²) in [5, 5.41) is -1.81. The van der Waals surface area contributed by atoms with E-state index >= 15 is 0 Å². The van der Waals surface area contributed by atoms with Crippen LogP contribution in [0.2, 0.25) is 0 Å². The summed E-state index contributed by atoms with van der Waals surface area (Å²) in [5.74, 6) is -0.981. The van der Waals surface area contributed by atoms with Gasteiger partial charge in [-0.3, -0.25) is 14.2 Å². The third-order valence-electron chi connectivity index (χ3n) is 5.86. The number of methoxy groups -OCH3 is 2.